The van der Waals surface area contributed by atoms with E-state index in [0.29, 0.717) is 60.0 Å². The summed E-state index contributed by atoms with van der Waals surface area (Å²) in [7, 11) is 1.61. The highest BCUT2D eigenvalue weighted by atomic mass is 19.4. The Morgan fingerprint density at radius 3 is 2.63 bits per heavy atom. The third-order valence-corrected chi connectivity index (χ3v) is 6.28. The van der Waals surface area contributed by atoms with Crippen molar-refractivity contribution in [2.24, 2.45) is 5.73 Å². The lowest BCUT2D eigenvalue weighted by Gasteiger charge is -2.33. The van der Waals surface area contributed by atoms with Crippen LogP contribution in [0.2, 0.25) is 0 Å². The van der Waals surface area contributed by atoms with Gasteiger partial charge in [0.15, 0.2) is 0 Å². The number of pyridine rings is 2. The highest BCUT2D eigenvalue weighted by Gasteiger charge is 2.32. The molecule has 0 bridgehead atoms. The highest BCUT2D eigenvalue weighted by molar-refractivity contribution is 5.93. The summed E-state index contributed by atoms with van der Waals surface area (Å²) in [6.45, 7) is 2.08. The molecule has 0 aliphatic carbocycles. The van der Waals surface area contributed by atoms with Gasteiger partial charge in [-0.1, -0.05) is 6.07 Å². The number of imidazole rings is 1. The van der Waals surface area contributed by atoms with Crippen molar-refractivity contribution in [1.29, 1.82) is 0 Å². The zero-order valence-electron chi connectivity index (χ0n) is 19.3. The van der Waals surface area contributed by atoms with E-state index in [0.717, 1.165) is 24.6 Å². The van der Waals surface area contributed by atoms with Crippen molar-refractivity contribution in [2.45, 2.75) is 25.1 Å². The van der Waals surface area contributed by atoms with Gasteiger partial charge in [0.05, 0.1) is 41.0 Å². The van der Waals surface area contributed by atoms with Crippen LogP contribution in [0.3, 0.4) is 0 Å². The van der Waals surface area contributed by atoms with Gasteiger partial charge in [-0.05, 0) is 37.1 Å². The highest BCUT2D eigenvalue weighted by Crippen LogP contribution is 2.38. The van der Waals surface area contributed by atoms with Crippen molar-refractivity contribution >= 4 is 22.2 Å². The third kappa shape index (κ3) is 4.76. The fourth-order valence-corrected chi connectivity index (χ4v) is 4.39. The number of hydrogen-bond acceptors (Lipinski definition) is 6. The Bertz CT molecular complexity index is 1350. The van der Waals surface area contributed by atoms with Crippen molar-refractivity contribution in [1.82, 2.24) is 14.4 Å². The van der Waals surface area contributed by atoms with Gasteiger partial charge >= 0.3 is 6.18 Å². The summed E-state index contributed by atoms with van der Waals surface area (Å²) in [5.74, 6) is 0.670. The number of methoxy groups -OCH3 is 1. The first-order valence-corrected chi connectivity index (χ1v) is 11.5. The molecule has 5 rings (SSSR count). The molecule has 2 N–H and O–H groups in total. The minimum absolute atomic E-state index is 0.0633. The van der Waals surface area contributed by atoms with Crippen molar-refractivity contribution in [3.05, 3.63) is 54.4 Å². The first kappa shape index (κ1) is 23.4. The van der Waals surface area contributed by atoms with E-state index < -0.39 is 11.7 Å². The molecule has 0 saturated carbocycles. The van der Waals surface area contributed by atoms with Gasteiger partial charge in [0.2, 0.25) is 0 Å². The number of nitrogens with two attached hydrogens (primary N) is 1. The number of hydrogen-bond donors (Lipinski definition) is 1. The molecule has 0 amide bonds. The number of benzene rings is 1. The molecule has 1 aliphatic rings. The van der Waals surface area contributed by atoms with E-state index in [1.807, 2.05) is 27.6 Å². The lowest BCUT2D eigenvalue weighted by atomic mass is 10.0. The van der Waals surface area contributed by atoms with E-state index in [1.165, 1.54) is 6.07 Å². The van der Waals surface area contributed by atoms with Crippen LogP contribution in [0.25, 0.3) is 27.9 Å². The monoisotopic (exact) mass is 485 g/mol. The van der Waals surface area contributed by atoms with E-state index in [2.05, 4.69) is 4.98 Å². The fraction of sp³-hybridized carbons (Fsp3) is 0.360. The number of rotatable bonds is 6. The normalized spacial score (nSPS) is 15.3. The Balaban J connectivity index is 1.57. The van der Waals surface area contributed by atoms with E-state index in [-0.39, 0.29) is 6.04 Å². The molecular weight excluding hydrogens is 459 g/mol. The second-order valence-electron chi connectivity index (χ2n) is 8.66. The molecule has 0 spiro atoms. The number of alkyl halides is 3. The quantitative estimate of drug-likeness (QED) is 0.405. The lowest BCUT2D eigenvalue weighted by molar-refractivity contribution is -0.137. The molecular formula is C25H26F3N5O2. The van der Waals surface area contributed by atoms with Crippen molar-refractivity contribution in [3.8, 4) is 17.1 Å². The minimum Gasteiger partial charge on any atom is -0.491 e. The van der Waals surface area contributed by atoms with Gasteiger partial charge in [0.1, 0.15) is 18.0 Å². The van der Waals surface area contributed by atoms with Gasteiger partial charge < -0.3 is 20.1 Å². The SMILES string of the molecule is COCCOc1ccn2c(-c3ccc4cc(C(F)(F)F)cc(N5CCC(N)CC5)c4n3)cnc2c1. The molecule has 4 aromatic rings. The molecule has 0 atom stereocenters. The maximum atomic E-state index is 13.6. The van der Waals surface area contributed by atoms with Gasteiger partial charge in [-0.2, -0.15) is 13.2 Å². The molecule has 1 aromatic carbocycles. The molecule has 10 heteroatoms. The molecule has 4 heterocycles. The zero-order valence-corrected chi connectivity index (χ0v) is 19.3. The smallest absolute Gasteiger partial charge is 0.416 e. The van der Waals surface area contributed by atoms with Crippen LogP contribution in [0.1, 0.15) is 18.4 Å². The number of piperidine rings is 1. The van der Waals surface area contributed by atoms with E-state index in [4.69, 9.17) is 20.2 Å². The Morgan fingerprint density at radius 1 is 1.09 bits per heavy atom. The number of nitrogens with zero attached hydrogens (tertiary/aromatic N) is 4. The number of aromatic nitrogens is 3. The number of ether oxygens (including phenoxy) is 2. The van der Waals surface area contributed by atoms with Crippen molar-refractivity contribution < 1.29 is 22.6 Å². The molecule has 35 heavy (non-hydrogen) atoms. The van der Waals surface area contributed by atoms with Crippen LogP contribution in [-0.2, 0) is 10.9 Å². The molecule has 184 valence electrons. The lowest BCUT2D eigenvalue weighted by Crippen LogP contribution is -2.39. The van der Waals surface area contributed by atoms with Gasteiger partial charge in [0, 0.05) is 43.9 Å². The molecule has 3 aromatic heterocycles. The number of fused-ring (bicyclic) bond motifs is 2. The largest absolute Gasteiger partial charge is 0.491 e. The van der Waals surface area contributed by atoms with E-state index >= 15 is 0 Å². The van der Waals surface area contributed by atoms with Gasteiger partial charge in [-0.15, -0.1) is 0 Å². The van der Waals surface area contributed by atoms with Crippen LogP contribution in [-0.4, -0.2) is 53.8 Å². The predicted molar refractivity (Wildman–Crippen MR) is 128 cm³/mol. The van der Waals surface area contributed by atoms with Gasteiger partial charge in [-0.3, -0.25) is 4.40 Å². The van der Waals surface area contributed by atoms with E-state index in [1.54, 1.807) is 25.4 Å². The third-order valence-electron chi connectivity index (χ3n) is 6.28. The summed E-state index contributed by atoms with van der Waals surface area (Å²) in [5.41, 5.74) is 8.38. The topological polar surface area (TPSA) is 77.9 Å². The second kappa shape index (κ2) is 9.35. The molecule has 1 saturated heterocycles. The Morgan fingerprint density at radius 2 is 1.89 bits per heavy atom. The van der Waals surface area contributed by atoms with Crippen LogP contribution in [0.15, 0.2) is 48.8 Å². The van der Waals surface area contributed by atoms with Crippen molar-refractivity contribution in [3.63, 3.8) is 0 Å². The fourth-order valence-electron chi connectivity index (χ4n) is 4.39. The zero-order chi connectivity index (χ0) is 24.6. The summed E-state index contributed by atoms with van der Waals surface area (Å²) >= 11 is 0. The minimum atomic E-state index is -4.45. The second-order valence-corrected chi connectivity index (χ2v) is 8.66. The number of halogens is 3. The van der Waals surface area contributed by atoms with Gasteiger partial charge in [-0.25, -0.2) is 9.97 Å². The predicted octanol–water partition coefficient (Wildman–Crippen LogP) is 4.52. The summed E-state index contributed by atoms with van der Waals surface area (Å²) < 4.78 is 53.5. The van der Waals surface area contributed by atoms with E-state index in [9.17, 15) is 13.2 Å². The number of anilines is 1. The van der Waals surface area contributed by atoms with Crippen LogP contribution in [0.4, 0.5) is 18.9 Å². The van der Waals surface area contributed by atoms with Crippen LogP contribution in [0, 0.1) is 0 Å². The average molecular weight is 486 g/mol. The maximum Gasteiger partial charge on any atom is 0.416 e. The first-order chi connectivity index (χ1) is 16.8. The molecule has 1 fully saturated rings. The summed E-state index contributed by atoms with van der Waals surface area (Å²) in [6.07, 6.45) is 0.537. The summed E-state index contributed by atoms with van der Waals surface area (Å²) in [6, 6.07) is 9.48. The van der Waals surface area contributed by atoms with Crippen LogP contribution < -0.4 is 15.4 Å². The summed E-state index contributed by atoms with van der Waals surface area (Å²) in [4.78, 5) is 11.2. The molecule has 1 aliphatic heterocycles. The van der Waals surface area contributed by atoms with Crippen LogP contribution in [0.5, 0.6) is 5.75 Å². The molecule has 0 unspecified atom stereocenters. The average Bonchev–Trinajstić information content (AvgIpc) is 3.26. The standard InChI is InChI=1S/C25H26F3N5O2/c1-34-10-11-35-19-6-9-33-22(15-30-23(33)14-19)20-3-2-16-12-17(25(26,27)28)13-21(24(16)31-20)32-7-4-18(29)5-8-32/h2-3,6,9,12-15,18H,4-5,7-8,10-11,29H2,1H3. The van der Waals surface area contributed by atoms with Gasteiger partial charge in [0.25, 0.3) is 0 Å². The molecule has 7 nitrogen and oxygen atoms in total. The molecule has 0 radical (unpaired) electrons. The Labute approximate surface area is 200 Å². The Hall–Kier alpha value is -3.37. The maximum absolute atomic E-state index is 13.6. The summed E-state index contributed by atoms with van der Waals surface area (Å²) in [5, 5.41) is 0.441. The van der Waals surface area contributed by atoms with Crippen LogP contribution >= 0.6 is 0 Å². The van der Waals surface area contributed by atoms with Crippen molar-refractivity contribution in [2.75, 3.05) is 38.3 Å². The Kier molecular flexibility index (Phi) is 6.24. The first-order valence-electron chi connectivity index (χ1n) is 11.5.